The first kappa shape index (κ1) is 24.6. The molecule has 1 aromatic carbocycles. The number of benzene rings is 1. The number of carbonyl (C=O) groups excluding carboxylic acids is 2. The number of aromatic nitrogens is 1. The van der Waals surface area contributed by atoms with Gasteiger partial charge in [0.2, 0.25) is 11.8 Å². The molecule has 0 aliphatic heterocycles. The van der Waals surface area contributed by atoms with E-state index in [1.165, 1.54) is 6.26 Å². The smallest absolute Gasteiger partial charge is 0.273 e. The molecule has 1 heterocycles. The minimum absolute atomic E-state index is 0.0774. The molecule has 1 atom stereocenters. The third-order valence-electron chi connectivity index (χ3n) is 5.43. The average molecular weight is 428 g/mol. The van der Waals surface area contributed by atoms with Gasteiger partial charge in [-0.25, -0.2) is 4.98 Å². The summed E-state index contributed by atoms with van der Waals surface area (Å²) in [5.41, 5.74) is 1.29. The van der Waals surface area contributed by atoms with Gasteiger partial charge in [-0.1, -0.05) is 76.8 Å². The van der Waals surface area contributed by atoms with Crippen molar-refractivity contribution in [3.05, 3.63) is 53.7 Å². The minimum atomic E-state index is -0.231. The lowest BCUT2D eigenvalue weighted by atomic mass is 9.95. The van der Waals surface area contributed by atoms with Crippen LogP contribution < -0.4 is 5.32 Å². The van der Waals surface area contributed by atoms with Gasteiger partial charge in [0.1, 0.15) is 6.26 Å². The fourth-order valence-electron chi connectivity index (χ4n) is 3.60. The van der Waals surface area contributed by atoms with Gasteiger partial charge in [-0.2, -0.15) is 0 Å². The van der Waals surface area contributed by atoms with Crippen LogP contribution in [0.4, 0.5) is 0 Å². The summed E-state index contributed by atoms with van der Waals surface area (Å²) in [5.74, 6) is 0.0462. The van der Waals surface area contributed by atoms with Crippen molar-refractivity contribution in [3.63, 3.8) is 0 Å². The molecule has 0 bridgehead atoms. The van der Waals surface area contributed by atoms with Crippen LogP contribution in [0.15, 0.2) is 41.0 Å². The minimum Gasteiger partial charge on any atom is -0.446 e. The SMILES string of the molecule is CCCCCNC(=O)c1coc(CN(CCCCC)C(=O)[C@@H](CC)c2ccccc2)n1. The Kier molecular flexibility index (Phi) is 10.8. The number of carbonyl (C=O) groups is 2. The van der Waals surface area contributed by atoms with E-state index in [1.54, 1.807) is 0 Å². The van der Waals surface area contributed by atoms with Gasteiger partial charge in [0, 0.05) is 13.1 Å². The molecule has 0 saturated heterocycles. The van der Waals surface area contributed by atoms with E-state index in [0.717, 1.165) is 50.5 Å². The summed E-state index contributed by atoms with van der Waals surface area (Å²) in [4.78, 5) is 31.8. The third kappa shape index (κ3) is 7.85. The van der Waals surface area contributed by atoms with Crippen molar-refractivity contribution in [3.8, 4) is 0 Å². The number of nitrogens with zero attached hydrogens (tertiary/aromatic N) is 2. The standard InChI is InChI=1S/C25H37N3O3/c1-4-7-12-16-26-24(29)22-19-31-23(27-22)18-28(17-13-8-5-2)25(30)21(6-3)20-14-10-9-11-15-20/h9-11,14-15,19,21H,4-8,12-13,16-18H2,1-3H3,(H,26,29)/t21-/m0/s1. The van der Waals surface area contributed by atoms with E-state index in [9.17, 15) is 9.59 Å². The monoisotopic (exact) mass is 427 g/mol. The second-order valence-electron chi connectivity index (χ2n) is 7.93. The summed E-state index contributed by atoms with van der Waals surface area (Å²) in [5, 5.41) is 2.87. The highest BCUT2D eigenvalue weighted by atomic mass is 16.3. The zero-order valence-corrected chi connectivity index (χ0v) is 19.2. The predicted octanol–water partition coefficient (Wildman–Crippen LogP) is 5.31. The van der Waals surface area contributed by atoms with Crippen LogP contribution in [0.5, 0.6) is 0 Å². The summed E-state index contributed by atoms with van der Waals surface area (Å²) in [6.07, 6.45) is 8.32. The van der Waals surface area contributed by atoms with Crippen molar-refractivity contribution < 1.29 is 14.0 Å². The van der Waals surface area contributed by atoms with Gasteiger partial charge in [0.05, 0.1) is 12.5 Å². The Morgan fingerprint density at radius 1 is 1.03 bits per heavy atom. The summed E-state index contributed by atoms with van der Waals surface area (Å²) in [6, 6.07) is 9.89. The molecule has 0 unspecified atom stereocenters. The van der Waals surface area contributed by atoms with Gasteiger partial charge in [-0.05, 0) is 24.8 Å². The molecule has 0 aliphatic carbocycles. The number of unbranched alkanes of at least 4 members (excludes halogenated alkanes) is 4. The molecule has 1 N–H and O–H groups in total. The molecule has 0 saturated carbocycles. The molecule has 0 aliphatic rings. The Bertz CT molecular complexity index is 788. The van der Waals surface area contributed by atoms with Crippen LogP contribution in [-0.4, -0.2) is 34.8 Å². The van der Waals surface area contributed by atoms with Crippen molar-refractivity contribution in [1.82, 2.24) is 15.2 Å². The van der Waals surface area contributed by atoms with Crippen LogP contribution in [0.2, 0.25) is 0 Å². The fraction of sp³-hybridized carbons (Fsp3) is 0.560. The predicted molar refractivity (Wildman–Crippen MR) is 123 cm³/mol. The maximum atomic E-state index is 13.4. The first-order valence-corrected chi connectivity index (χ1v) is 11.7. The highest BCUT2D eigenvalue weighted by Crippen LogP contribution is 2.23. The quantitative estimate of drug-likeness (QED) is 0.415. The largest absolute Gasteiger partial charge is 0.446 e. The molecule has 1 aromatic heterocycles. The molecule has 2 aromatic rings. The summed E-state index contributed by atoms with van der Waals surface area (Å²) in [6.45, 7) is 7.86. The van der Waals surface area contributed by atoms with E-state index in [-0.39, 0.29) is 30.0 Å². The first-order valence-electron chi connectivity index (χ1n) is 11.7. The van der Waals surface area contributed by atoms with E-state index in [0.29, 0.717) is 19.0 Å². The Balaban J connectivity index is 2.07. The third-order valence-corrected chi connectivity index (χ3v) is 5.43. The Hall–Kier alpha value is -2.63. The number of amides is 2. The van der Waals surface area contributed by atoms with Gasteiger partial charge in [0.25, 0.3) is 5.91 Å². The number of hydrogen-bond donors (Lipinski definition) is 1. The highest BCUT2D eigenvalue weighted by Gasteiger charge is 2.26. The molecule has 0 spiro atoms. The van der Waals surface area contributed by atoms with Crippen LogP contribution in [0.3, 0.4) is 0 Å². The Morgan fingerprint density at radius 2 is 1.74 bits per heavy atom. The number of oxazole rings is 1. The first-order chi connectivity index (χ1) is 15.1. The van der Waals surface area contributed by atoms with E-state index in [2.05, 4.69) is 24.1 Å². The average Bonchev–Trinajstić information content (AvgIpc) is 3.26. The van der Waals surface area contributed by atoms with Gasteiger partial charge in [-0.3, -0.25) is 9.59 Å². The van der Waals surface area contributed by atoms with E-state index in [1.807, 2.05) is 42.2 Å². The second-order valence-corrected chi connectivity index (χ2v) is 7.93. The normalized spacial score (nSPS) is 11.8. The van der Waals surface area contributed by atoms with Crippen LogP contribution >= 0.6 is 0 Å². The fourth-order valence-corrected chi connectivity index (χ4v) is 3.60. The van der Waals surface area contributed by atoms with Crippen molar-refractivity contribution >= 4 is 11.8 Å². The Labute approximate surface area is 186 Å². The topological polar surface area (TPSA) is 75.4 Å². The number of nitrogens with one attached hydrogen (secondary N) is 1. The molecule has 6 nitrogen and oxygen atoms in total. The van der Waals surface area contributed by atoms with E-state index in [4.69, 9.17) is 4.42 Å². The maximum absolute atomic E-state index is 13.4. The number of rotatable bonds is 14. The highest BCUT2D eigenvalue weighted by molar-refractivity contribution is 5.91. The van der Waals surface area contributed by atoms with E-state index >= 15 is 0 Å². The van der Waals surface area contributed by atoms with Crippen LogP contribution in [0.25, 0.3) is 0 Å². The lowest BCUT2D eigenvalue weighted by molar-refractivity contribution is -0.134. The molecule has 0 fully saturated rings. The van der Waals surface area contributed by atoms with Gasteiger partial charge in [0.15, 0.2) is 5.69 Å². The summed E-state index contributed by atoms with van der Waals surface area (Å²) >= 11 is 0. The molecule has 0 radical (unpaired) electrons. The molecule has 6 heteroatoms. The number of hydrogen-bond acceptors (Lipinski definition) is 4. The summed E-state index contributed by atoms with van der Waals surface area (Å²) < 4.78 is 5.55. The zero-order chi connectivity index (χ0) is 22.5. The van der Waals surface area contributed by atoms with E-state index < -0.39 is 0 Å². The molecular formula is C25H37N3O3. The van der Waals surface area contributed by atoms with Gasteiger partial charge < -0.3 is 14.6 Å². The lowest BCUT2D eigenvalue weighted by Crippen LogP contribution is -2.35. The molecule has 2 amide bonds. The second kappa shape index (κ2) is 13.6. The van der Waals surface area contributed by atoms with Crippen LogP contribution in [0.1, 0.15) is 93.6 Å². The lowest BCUT2D eigenvalue weighted by Gasteiger charge is -2.26. The van der Waals surface area contributed by atoms with Crippen molar-refractivity contribution in [2.24, 2.45) is 0 Å². The molecular weight excluding hydrogens is 390 g/mol. The Morgan fingerprint density at radius 3 is 2.42 bits per heavy atom. The zero-order valence-electron chi connectivity index (χ0n) is 19.2. The molecule has 170 valence electrons. The van der Waals surface area contributed by atoms with Gasteiger partial charge in [-0.15, -0.1) is 0 Å². The molecule has 31 heavy (non-hydrogen) atoms. The maximum Gasteiger partial charge on any atom is 0.273 e. The summed E-state index contributed by atoms with van der Waals surface area (Å²) in [7, 11) is 0. The molecule has 2 rings (SSSR count). The van der Waals surface area contributed by atoms with Crippen molar-refractivity contribution in [1.29, 1.82) is 0 Å². The van der Waals surface area contributed by atoms with Crippen LogP contribution in [-0.2, 0) is 11.3 Å². The van der Waals surface area contributed by atoms with Gasteiger partial charge >= 0.3 is 0 Å². The van der Waals surface area contributed by atoms with Crippen molar-refractivity contribution in [2.75, 3.05) is 13.1 Å². The van der Waals surface area contributed by atoms with Crippen molar-refractivity contribution in [2.45, 2.75) is 78.2 Å². The van der Waals surface area contributed by atoms with Crippen LogP contribution in [0, 0.1) is 0 Å².